The van der Waals surface area contributed by atoms with Crippen LogP contribution in [0.5, 0.6) is 0 Å². The van der Waals surface area contributed by atoms with Gasteiger partial charge in [0.2, 0.25) is 0 Å². The summed E-state index contributed by atoms with van der Waals surface area (Å²) in [5.74, 6) is -0.986. The Balaban J connectivity index is 1.84. The molecule has 5 heteroatoms. The molecule has 0 saturated carbocycles. The summed E-state index contributed by atoms with van der Waals surface area (Å²) < 4.78 is 13.3. The maximum absolute atomic E-state index is 13.3. The normalized spacial score (nSPS) is 26.5. The van der Waals surface area contributed by atoms with Gasteiger partial charge in [-0.05, 0) is 57.0 Å². The first-order valence-corrected chi connectivity index (χ1v) is 7.54. The number of benzene rings is 1. The van der Waals surface area contributed by atoms with Gasteiger partial charge in [-0.2, -0.15) is 0 Å². The molecule has 2 fully saturated rings. The van der Waals surface area contributed by atoms with Gasteiger partial charge in [0, 0.05) is 19.1 Å². The van der Waals surface area contributed by atoms with Gasteiger partial charge in [0.25, 0.3) is 0 Å². The Morgan fingerprint density at radius 1 is 1.33 bits per heavy atom. The quantitative estimate of drug-likeness (QED) is 0.909. The maximum atomic E-state index is 13.3. The fourth-order valence-corrected chi connectivity index (χ4v) is 3.83. The Bertz CT molecular complexity index is 549. The van der Waals surface area contributed by atoms with E-state index in [1.165, 1.54) is 18.9 Å². The minimum absolute atomic E-state index is 0.0672. The predicted molar refractivity (Wildman–Crippen MR) is 79.3 cm³/mol. The standard InChI is InChI=1S/C16H21FN2O2/c1-18-7-2-3-11-10-19(8-6-14(11)18)15-5-4-12(17)9-13(15)16(20)21/h4-5,9,11,14H,2-3,6-8,10H2,1H3,(H,20,21). The molecule has 4 nitrogen and oxygen atoms in total. The first-order chi connectivity index (χ1) is 10.1. The van der Waals surface area contributed by atoms with Crippen molar-refractivity contribution < 1.29 is 14.3 Å². The van der Waals surface area contributed by atoms with Crippen LogP contribution in [-0.2, 0) is 0 Å². The van der Waals surface area contributed by atoms with E-state index in [1.54, 1.807) is 6.07 Å². The van der Waals surface area contributed by atoms with Crippen LogP contribution in [0.15, 0.2) is 18.2 Å². The van der Waals surface area contributed by atoms with E-state index in [1.807, 2.05) is 0 Å². The maximum Gasteiger partial charge on any atom is 0.337 e. The second-order valence-electron chi connectivity index (χ2n) is 6.15. The molecular weight excluding hydrogens is 271 g/mol. The van der Waals surface area contributed by atoms with Crippen molar-refractivity contribution in [3.63, 3.8) is 0 Å². The number of aromatic carboxylic acids is 1. The summed E-state index contributed by atoms with van der Waals surface area (Å²) in [5, 5.41) is 9.29. The summed E-state index contributed by atoms with van der Waals surface area (Å²) in [4.78, 5) is 15.9. The lowest BCUT2D eigenvalue weighted by molar-refractivity contribution is 0.0696. The van der Waals surface area contributed by atoms with E-state index in [9.17, 15) is 14.3 Å². The van der Waals surface area contributed by atoms with E-state index in [0.29, 0.717) is 17.6 Å². The summed E-state index contributed by atoms with van der Waals surface area (Å²) >= 11 is 0. The highest BCUT2D eigenvalue weighted by Crippen LogP contribution is 2.33. The van der Waals surface area contributed by atoms with Crippen LogP contribution in [-0.4, -0.2) is 48.7 Å². The van der Waals surface area contributed by atoms with Gasteiger partial charge >= 0.3 is 5.97 Å². The fourth-order valence-electron chi connectivity index (χ4n) is 3.83. The average Bonchev–Trinajstić information content (AvgIpc) is 2.47. The molecule has 2 heterocycles. The highest BCUT2D eigenvalue weighted by atomic mass is 19.1. The number of carboxylic acid groups (broad SMARTS) is 1. The van der Waals surface area contributed by atoms with E-state index in [2.05, 4.69) is 16.8 Å². The van der Waals surface area contributed by atoms with Gasteiger partial charge in [-0.25, -0.2) is 9.18 Å². The molecule has 0 aromatic heterocycles. The van der Waals surface area contributed by atoms with Crippen LogP contribution in [0.2, 0.25) is 0 Å². The number of carbonyl (C=O) groups is 1. The van der Waals surface area contributed by atoms with Crippen molar-refractivity contribution in [1.82, 2.24) is 4.90 Å². The van der Waals surface area contributed by atoms with Crippen molar-refractivity contribution in [2.45, 2.75) is 25.3 Å². The highest BCUT2D eigenvalue weighted by Gasteiger charge is 2.35. The summed E-state index contributed by atoms with van der Waals surface area (Å²) in [6, 6.07) is 4.67. The second kappa shape index (κ2) is 5.64. The largest absolute Gasteiger partial charge is 0.478 e. The number of piperidine rings is 2. The van der Waals surface area contributed by atoms with Crippen molar-refractivity contribution in [3.05, 3.63) is 29.6 Å². The van der Waals surface area contributed by atoms with Crippen LogP contribution in [0.1, 0.15) is 29.6 Å². The van der Waals surface area contributed by atoms with Gasteiger partial charge in [0.15, 0.2) is 0 Å². The number of likely N-dealkylation sites (tertiary alicyclic amines) is 1. The Labute approximate surface area is 124 Å². The molecule has 2 saturated heterocycles. The van der Waals surface area contributed by atoms with Crippen LogP contribution in [0, 0.1) is 11.7 Å². The van der Waals surface area contributed by atoms with E-state index < -0.39 is 11.8 Å². The number of nitrogens with zero attached hydrogens (tertiary/aromatic N) is 2. The Morgan fingerprint density at radius 2 is 2.14 bits per heavy atom. The zero-order valence-corrected chi connectivity index (χ0v) is 12.3. The third kappa shape index (κ3) is 2.75. The minimum Gasteiger partial charge on any atom is -0.478 e. The Kier molecular flexibility index (Phi) is 3.85. The lowest BCUT2D eigenvalue weighted by Gasteiger charge is -2.46. The summed E-state index contributed by atoms with van der Waals surface area (Å²) in [6.45, 7) is 2.84. The van der Waals surface area contributed by atoms with Crippen molar-refractivity contribution >= 4 is 11.7 Å². The lowest BCUT2D eigenvalue weighted by Crippen LogP contribution is -2.53. The number of halogens is 1. The van der Waals surface area contributed by atoms with E-state index in [4.69, 9.17) is 0 Å². The van der Waals surface area contributed by atoms with Gasteiger partial charge in [-0.3, -0.25) is 0 Å². The van der Waals surface area contributed by atoms with E-state index in [0.717, 1.165) is 32.1 Å². The van der Waals surface area contributed by atoms with Crippen molar-refractivity contribution in [2.24, 2.45) is 5.92 Å². The molecule has 0 spiro atoms. The predicted octanol–water partition coefficient (Wildman–Crippen LogP) is 2.44. The van der Waals surface area contributed by atoms with Crippen LogP contribution in [0.4, 0.5) is 10.1 Å². The van der Waals surface area contributed by atoms with Gasteiger partial charge < -0.3 is 14.9 Å². The number of fused-ring (bicyclic) bond motifs is 1. The van der Waals surface area contributed by atoms with Crippen LogP contribution >= 0.6 is 0 Å². The summed E-state index contributed by atoms with van der Waals surface area (Å²) in [6.07, 6.45) is 3.42. The van der Waals surface area contributed by atoms with Crippen molar-refractivity contribution in [3.8, 4) is 0 Å². The number of hydrogen-bond acceptors (Lipinski definition) is 3. The lowest BCUT2D eigenvalue weighted by atomic mass is 9.84. The van der Waals surface area contributed by atoms with Crippen molar-refractivity contribution in [1.29, 1.82) is 0 Å². The third-order valence-electron chi connectivity index (χ3n) is 4.88. The fraction of sp³-hybridized carbons (Fsp3) is 0.562. The average molecular weight is 292 g/mol. The van der Waals surface area contributed by atoms with Gasteiger partial charge in [-0.1, -0.05) is 0 Å². The zero-order valence-electron chi connectivity index (χ0n) is 12.3. The zero-order chi connectivity index (χ0) is 15.0. The molecule has 1 aromatic carbocycles. The van der Waals surface area contributed by atoms with Crippen LogP contribution in [0.3, 0.4) is 0 Å². The molecule has 0 amide bonds. The molecule has 2 aliphatic rings. The van der Waals surface area contributed by atoms with Crippen LogP contribution < -0.4 is 4.90 Å². The molecule has 1 N–H and O–H groups in total. The number of carboxylic acids is 1. The van der Waals surface area contributed by atoms with Gasteiger partial charge in [-0.15, -0.1) is 0 Å². The molecule has 3 rings (SSSR count). The van der Waals surface area contributed by atoms with Crippen molar-refractivity contribution in [2.75, 3.05) is 31.6 Å². The molecule has 2 aliphatic heterocycles. The highest BCUT2D eigenvalue weighted by molar-refractivity contribution is 5.94. The molecule has 1 aromatic rings. The SMILES string of the molecule is CN1CCCC2CN(c3ccc(F)cc3C(=O)O)CCC21. The Morgan fingerprint density at radius 3 is 2.90 bits per heavy atom. The second-order valence-corrected chi connectivity index (χ2v) is 6.15. The topological polar surface area (TPSA) is 43.8 Å². The molecule has 0 aliphatic carbocycles. The number of hydrogen-bond donors (Lipinski definition) is 1. The number of rotatable bonds is 2. The smallest absolute Gasteiger partial charge is 0.337 e. The molecule has 21 heavy (non-hydrogen) atoms. The first-order valence-electron chi connectivity index (χ1n) is 7.54. The first kappa shape index (κ1) is 14.3. The third-order valence-corrected chi connectivity index (χ3v) is 4.88. The molecule has 2 atom stereocenters. The Hall–Kier alpha value is -1.62. The summed E-state index contributed by atoms with van der Waals surface area (Å²) in [5.41, 5.74) is 0.716. The molecule has 0 radical (unpaired) electrons. The van der Waals surface area contributed by atoms with Crippen LogP contribution in [0.25, 0.3) is 0 Å². The van der Waals surface area contributed by atoms with Gasteiger partial charge in [0.1, 0.15) is 5.82 Å². The molecular formula is C16H21FN2O2. The monoisotopic (exact) mass is 292 g/mol. The van der Waals surface area contributed by atoms with E-state index >= 15 is 0 Å². The van der Waals surface area contributed by atoms with E-state index in [-0.39, 0.29) is 5.56 Å². The minimum atomic E-state index is -1.06. The number of anilines is 1. The van der Waals surface area contributed by atoms with Gasteiger partial charge in [0.05, 0.1) is 11.3 Å². The molecule has 114 valence electrons. The molecule has 0 bridgehead atoms. The summed E-state index contributed by atoms with van der Waals surface area (Å²) in [7, 11) is 2.17. The molecule has 2 unspecified atom stereocenters.